The largest absolute Gasteiger partial charge is 0.121 e. The molecular weight excluding hydrogens is 188 g/mol. The molecule has 2 rings (SSSR count). The molecule has 1 heteroatoms. The van der Waals surface area contributed by atoms with Crippen LogP contribution in [0.5, 0.6) is 0 Å². The first-order valence-electron chi connectivity index (χ1n) is 5.25. The van der Waals surface area contributed by atoms with Gasteiger partial charge in [0.2, 0.25) is 0 Å². The van der Waals surface area contributed by atoms with Gasteiger partial charge in [0.1, 0.15) is 0 Å². The smallest absolute Gasteiger partial charge is 0.0164 e. The molecule has 0 saturated heterocycles. The summed E-state index contributed by atoms with van der Waals surface area (Å²) in [5, 5.41) is 0. The second-order valence-corrected chi connectivity index (χ2v) is 4.84. The monoisotopic (exact) mass is 204 g/mol. The maximum absolute atomic E-state index is 2.31. The van der Waals surface area contributed by atoms with Crippen LogP contribution in [0.15, 0.2) is 29.2 Å². The summed E-state index contributed by atoms with van der Waals surface area (Å²) >= 11 is 1.94. The van der Waals surface area contributed by atoms with Crippen LogP contribution < -0.4 is 0 Å². The Morgan fingerprint density at radius 1 is 1.43 bits per heavy atom. The maximum atomic E-state index is 2.31. The van der Waals surface area contributed by atoms with Crippen LogP contribution >= 0.6 is 11.8 Å². The van der Waals surface area contributed by atoms with E-state index in [0.29, 0.717) is 5.92 Å². The van der Waals surface area contributed by atoms with Crippen molar-refractivity contribution in [1.29, 1.82) is 0 Å². The van der Waals surface area contributed by atoms with Gasteiger partial charge in [-0.3, -0.25) is 0 Å². The highest BCUT2D eigenvalue weighted by Crippen LogP contribution is 2.34. The predicted molar refractivity (Wildman–Crippen MR) is 64.9 cm³/mol. The molecule has 1 aliphatic rings. The van der Waals surface area contributed by atoms with Crippen molar-refractivity contribution in [2.75, 3.05) is 5.75 Å². The normalized spacial score (nSPS) is 16.4. The van der Waals surface area contributed by atoms with Crippen LogP contribution in [0.3, 0.4) is 0 Å². The third-order valence-electron chi connectivity index (χ3n) is 2.86. The summed E-state index contributed by atoms with van der Waals surface area (Å²) < 4.78 is 0. The van der Waals surface area contributed by atoms with E-state index >= 15 is 0 Å². The Labute approximate surface area is 90.4 Å². The number of rotatable bonds is 2. The van der Waals surface area contributed by atoms with Crippen molar-refractivity contribution in [2.45, 2.75) is 31.1 Å². The van der Waals surface area contributed by atoms with E-state index in [4.69, 9.17) is 0 Å². The average Bonchev–Trinajstić information content (AvgIpc) is 2.27. The van der Waals surface area contributed by atoms with Crippen molar-refractivity contribution in [2.24, 2.45) is 0 Å². The van der Waals surface area contributed by atoms with E-state index in [9.17, 15) is 0 Å². The van der Waals surface area contributed by atoms with Gasteiger partial charge in [-0.15, -0.1) is 11.8 Å². The zero-order chi connectivity index (χ0) is 9.97. The summed E-state index contributed by atoms with van der Waals surface area (Å²) in [7, 11) is 0. The fourth-order valence-corrected chi connectivity index (χ4v) is 2.71. The van der Waals surface area contributed by atoms with Crippen LogP contribution in [0.4, 0.5) is 0 Å². The van der Waals surface area contributed by atoms with E-state index in [2.05, 4.69) is 44.2 Å². The molecular formula is C13H16S. The van der Waals surface area contributed by atoms with Gasteiger partial charge in [0.25, 0.3) is 0 Å². The number of benzene rings is 1. The molecule has 74 valence electrons. The first kappa shape index (κ1) is 9.85. The van der Waals surface area contributed by atoms with E-state index in [1.807, 2.05) is 11.8 Å². The molecule has 1 heterocycles. The Bertz CT molecular complexity index is 352. The summed E-state index contributed by atoms with van der Waals surface area (Å²) in [5.41, 5.74) is 2.96. The van der Waals surface area contributed by atoms with Crippen molar-refractivity contribution in [3.8, 4) is 0 Å². The van der Waals surface area contributed by atoms with Crippen molar-refractivity contribution in [1.82, 2.24) is 0 Å². The van der Waals surface area contributed by atoms with Gasteiger partial charge in [-0.1, -0.05) is 38.1 Å². The maximum Gasteiger partial charge on any atom is 0.0164 e. The van der Waals surface area contributed by atoms with E-state index in [0.717, 1.165) is 5.75 Å². The number of hydrogen-bond acceptors (Lipinski definition) is 1. The molecule has 1 atom stereocenters. The van der Waals surface area contributed by atoms with Crippen LogP contribution in [-0.2, 0) is 0 Å². The first-order valence-corrected chi connectivity index (χ1v) is 6.23. The van der Waals surface area contributed by atoms with Crippen molar-refractivity contribution in [3.63, 3.8) is 0 Å². The molecule has 0 aromatic heterocycles. The lowest BCUT2D eigenvalue weighted by molar-refractivity contribution is 0.729. The van der Waals surface area contributed by atoms with Crippen molar-refractivity contribution < 1.29 is 0 Å². The van der Waals surface area contributed by atoms with Gasteiger partial charge >= 0.3 is 0 Å². The molecule has 1 unspecified atom stereocenters. The molecule has 0 spiro atoms. The number of thioether (sulfide) groups is 1. The number of hydrogen-bond donors (Lipinski definition) is 0. The molecule has 0 saturated carbocycles. The first-order chi connectivity index (χ1) is 6.83. The summed E-state index contributed by atoms with van der Waals surface area (Å²) in [6, 6.07) is 6.69. The lowest BCUT2D eigenvalue weighted by atomic mass is 9.93. The second-order valence-electron chi connectivity index (χ2n) is 3.78. The molecule has 0 bridgehead atoms. The van der Waals surface area contributed by atoms with Crippen LogP contribution in [0.25, 0.3) is 6.08 Å². The molecule has 0 radical (unpaired) electrons. The molecule has 1 aliphatic heterocycles. The summed E-state index contributed by atoms with van der Waals surface area (Å²) in [5.74, 6) is 1.80. The fourth-order valence-electron chi connectivity index (χ4n) is 1.82. The number of fused-ring (bicyclic) bond motifs is 1. The predicted octanol–water partition coefficient (Wildman–Crippen LogP) is 4.32. The van der Waals surface area contributed by atoms with Crippen LogP contribution in [0.2, 0.25) is 0 Å². The minimum absolute atomic E-state index is 0.674. The van der Waals surface area contributed by atoms with Crippen molar-refractivity contribution in [3.05, 3.63) is 35.4 Å². The Morgan fingerprint density at radius 2 is 2.29 bits per heavy atom. The molecule has 1 aromatic rings. The summed E-state index contributed by atoms with van der Waals surface area (Å²) in [4.78, 5) is 1.45. The third kappa shape index (κ3) is 1.74. The van der Waals surface area contributed by atoms with Gasteiger partial charge in [0.05, 0.1) is 0 Å². The van der Waals surface area contributed by atoms with E-state index in [1.54, 1.807) is 0 Å². The quantitative estimate of drug-likeness (QED) is 0.691. The van der Waals surface area contributed by atoms with Crippen LogP contribution in [0, 0.1) is 0 Å². The minimum atomic E-state index is 0.674. The second kappa shape index (κ2) is 4.22. The Morgan fingerprint density at radius 3 is 3.07 bits per heavy atom. The third-order valence-corrected chi connectivity index (χ3v) is 3.89. The van der Waals surface area contributed by atoms with Gasteiger partial charge < -0.3 is 0 Å². The van der Waals surface area contributed by atoms with E-state index in [1.165, 1.54) is 22.4 Å². The lowest BCUT2D eigenvalue weighted by Gasteiger charge is -2.18. The zero-order valence-corrected chi connectivity index (χ0v) is 9.60. The van der Waals surface area contributed by atoms with Gasteiger partial charge in [-0.2, -0.15) is 0 Å². The molecule has 0 aliphatic carbocycles. The molecule has 1 aromatic carbocycles. The standard InChI is InChI=1S/C13H16S/c1-3-10(2)11-6-4-8-13-12(11)7-5-9-14-13/h4-8,10H,3,9H2,1-2H3. The average molecular weight is 204 g/mol. The highest BCUT2D eigenvalue weighted by atomic mass is 32.2. The molecule has 0 amide bonds. The molecule has 0 nitrogen and oxygen atoms in total. The SMILES string of the molecule is CCC(C)c1cccc2c1C=CCS2. The molecule has 0 fully saturated rings. The summed E-state index contributed by atoms with van der Waals surface area (Å²) in [6.45, 7) is 4.56. The molecule has 0 N–H and O–H groups in total. The summed E-state index contributed by atoms with van der Waals surface area (Å²) in [6.07, 6.45) is 5.77. The van der Waals surface area contributed by atoms with Gasteiger partial charge in [0, 0.05) is 10.6 Å². The van der Waals surface area contributed by atoms with Crippen LogP contribution in [-0.4, -0.2) is 5.75 Å². The zero-order valence-electron chi connectivity index (χ0n) is 8.79. The Balaban J connectivity index is 2.47. The van der Waals surface area contributed by atoms with E-state index < -0.39 is 0 Å². The van der Waals surface area contributed by atoms with Gasteiger partial charge in [-0.25, -0.2) is 0 Å². The Hall–Kier alpha value is -0.690. The van der Waals surface area contributed by atoms with Gasteiger partial charge in [-0.05, 0) is 29.5 Å². The van der Waals surface area contributed by atoms with Gasteiger partial charge in [0.15, 0.2) is 0 Å². The topological polar surface area (TPSA) is 0 Å². The van der Waals surface area contributed by atoms with E-state index in [-0.39, 0.29) is 0 Å². The lowest BCUT2D eigenvalue weighted by Crippen LogP contribution is -1.98. The minimum Gasteiger partial charge on any atom is -0.121 e. The molecule has 14 heavy (non-hydrogen) atoms. The Kier molecular flexibility index (Phi) is 2.97. The fraction of sp³-hybridized carbons (Fsp3) is 0.385. The van der Waals surface area contributed by atoms with Crippen LogP contribution in [0.1, 0.15) is 37.3 Å². The van der Waals surface area contributed by atoms with Crippen molar-refractivity contribution >= 4 is 17.8 Å². The highest BCUT2D eigenvalue weighted by Gasteiger charge is 2.12. The highest BCUT2D eigenvalue weighted by molar-refractivity contribution is 7.99.